The first kappa shape index (κ1) is 16.5. The van der Waals surface area contributed by atoms with Gasteiger partial charge >= 0.3 is 5.51 Å². The Bertz CT molecular complexity index is 629. The average molecular weight is 353 g/mol. The van der Waals surface area contributed by atoms with Crippen molar-refractivity contribution in [3.63, 3.8) is 0 Å². The molecule has 0 bridgehead atoms. The maximum absolute atomic E-state index is 12.2. The predicted molar refractivity (Wildman–Crippen MR) is 78.9 cm³/mol. The number of aliphatic hydroxyl groups is 1. The van der Waals surface area contributed by atoms with E-state index in [1.165, 1.54) is 24.3 Å². The summed E-state index contributed by atoms with van der Waals surface area (Å²) < 4.78 is 36.7. The number of halogens is 5. The third-order valence-corrected chi connectivity index (χ3v) is 4.28. The molecule has 0 aromatic heterocycles. The second kappa shape index (κ2) is 6.48. The fraction of sp³-hybridized carbons (Fsp3) is 0.143. The lowest BCUT2D eigenvalue weighted by atomic mass is 10.0. The fourth-order valence-corrected chi connectivity index (χ4v) is 2.71. The van der Waals surface area contributed by atoms with Gasteiger partial charge in [0.25, 0.3) is 0 Å². The molecule has 112 valence electrons. The van der Waals surface area contributed by atoms with Crippen molar-refractivity contribution >= 4 is 35.0 Å². The van der Waals surface area contributed by atoms with Crippen molar-refractivity contribution in [1.82, 2.24) is 0 Å². The summed E-state index contributed by atoms with van der Waals surface area (Å²) in [7, 11) is 0. The van der Waals surface area contributed by atoms with Crippen LogP contribution in [0.1, 0.15) is 17.2 Å². The third-order valence-electron chi connectivity index (χ3n) is 2.71. The van der Waals surface area contributed by atoms with Gasteiger partial charge in [0.05, 0.1) is 10.0 Å². The highest BCUT2D eigenvalue weighted by Crippen LogP contribution is 2.38. The molecular formula is C14H9Cl2F3OS. The average Bonchev–Trinajstić information content (AvgIpc) is 2.40. The zero-order valence-corrected chi connectivity index (χ0v) is 12.7. The van der Waals surface area contributed by atoms with Crippen LogP contribution in [0.4, 0.5) is 13.2 Å². The molecule has 2 aromatic carbocycles. The SMILES string of the molecule is OC(c1ccc(SC(F)(F)F)cc1)c1cccc(Cl)c1Cl. The highest BCUT2D eigenvalue weighted by atomic mass is 35.5. The quantitative estimate of drug-likeness (QED) is 0.716. The summed E-state index contributed by atoms with van der Waals surface area (Å²) in [5.41, 5.74) is -3.50. The number of hydrogen-bond donors (Lipinski definition) is 1. The standard InChI is InChI=1S/C14H9Cl2F3OS/c15-11-3-1-2-10(12(11)16)13(20)8-4-6-9(7-5-8)21-14(17,18)19/h1-7,13,20H. The van der Waals surface area contributed by atoms with Crippen molar-refractivity contribution in [2.24, 2.45) is 0 Å². The molecule has 0 radical (unpaired) electrons. The number of thioether (sulfide) groups is 1. The summed E-state index contributed by atoms with van der Waals surface area (Å²) in [5.74, 6) is 0. The van der Waals surface area contributed by atoms with Gasteiger partial charge in [-0.2, -0.15) is 13.2 Å². The number of rotatable bonds is 3. The minimum Gasteiger partial charge on any atom is -0.384 e. The normalized spacial score (nSPS) is 13.2. The van der Waals surface area contributed by atoms with E-state index in [0.717, 1.165) is 0 Å². The van der Waals surface area contributed by atoms with Gasteiger partial charge in [-0.05, 0) is 35.5 Å². The molecule has 0 aliphatic heterocycles. The van der Waals surface area contributed by atoms with Crippen LogP contribution in [0, 0.1) is 0 Å². The summed E-state index contributed by atoms with van der Waals surface area (Å²) in [4.78, 5) is 0.0515. The van der Waals surface area contributed by atoms with Gasteiger partial charge < -0.3 is 5.11 Å². The summed E-state index contributed by atoms with van der Waals surface area (Å²) in [6.07, 6.45) is -1.05. The Labute approximate surface area is 133 Å². The van der Waals surface area contributed by atoms with Gasteiger partial charge in [-0.25, -0.2) is 0 Å². The summed E-state index contributed by atoms with van der Waals surface area (Å²) in [5, 5.41) is 10.8. The van der Waals surface area contributed by atoms with Crippen molar-refractivity contribution in [3.05, 3.63) is 63.6 Å². The monoisotopic (exact) mass is 352 g/mol. The van der Waals surface area contributed by atoms with Crippen LogP contribution in [0.15, 0.2) is 47.4 Å². The molecule has 2 aromatic rings. The maximum Gasteiger partial charge on any atom is 0.446 e. The molecule has 0 saturated heterocycles. The second-order valence-electron chi connectivity index (χ2n) is 4.16. The first-order chi connectivity index (χ1) is 9.78. The molecule has 21 heavy (non-hydrogen) atoms. The fourth-order valence-electron chi connectivity index (χ4n) is 1.76. The highest BCUT2D eigenvalue weighted by Gasteiger charge is 2.29. The molecule has 0 fully saturated rings. The molecule has 0 heterocycles. The lowest BCUT2D eigenvalue weighted by Gasteiger charge is -2.14. The van der Waals surface area contributed by atoms with Crippen molar-refractivity contribution in [1.29, 1.82) is 0 Å². The Kier molecular flexibility index (Phi) is 5.09. The molecule has 2 rings (SSSR count). The maximum atomic E-state index is 12.2. The van der Waals surface area contributed by atoms with Crippen molar-refractivity contribution in [3.8, 4) is 0 Å². The Balaban J connectivity index is 2.24. The highest BCUT2D eigenvalue weighted by molar-refractivity contribution is 8.00. The smallest absolute Gasteiger partial charge is 0.384 e. The molecule has 0 aliphatic rings. The predicted octanol–water partition coefficient (Wildman–Crippen LogP) is 5.69. The largest absolute Gasteiger partial charge is 0.446 e. The van der Waals surface area contributed by atoms with Crippen LogP contribution >= 0.6 is 35.0 Å². The summed E-state index contributed by atoms with van der Waals surface area (Å²) in [6.45, 7) is 0. The van der Waals surface area contributed by atoms with Crippen molar-refractivity contribution in [2.45, 2.75) is 16.5 Å². The van der Waals surface area contributed by atoms with Gasteiger partial charge in [0.2, 0.25) is 0 Å². The van der Waals surface area contributed by atoms with E-state index in [9.17, 15) is 18.3 Å². The molecule has 1 N–H and O–H groups in total. The Hall–Kier alpha value is -0.880. The zero-order valence-electron chi connectivity index (χ0n) is 10.4. The lowest BCUT2D eigenvalue weighted by Crippen LogP contribution is -2.02. The molecule has 1 nitrogen and oxygen atoms in total. The Morgan fingerprint density at radius 1 is 1.00 bits per heavy atom. The molecule has 0 amide bonds. The molecule has 0 spiro atoms. The first-order valence-corrected chi connectivity index (χ1v) is 7.33. The van der Waals surface area contributed by atoms with E-state index in [2.05, 4.69) is 0 Å². The number of benzene rings is 2. The van der Waals surface area contributed by atoms with Crippen LogP contribution in [0.2, 0.25) is 10.0 Å². The number of aliphatic hydroxyl groups excluding tert-OH is 1. The van der Waals surface area contributed by atoms with Crippen LogP contribution in [0.5, 0.6) is 0 Å². The molecular weight excluding hydrogens is 344 g/mol. The van der Waals surface area contributed by atoms with Gasteiger partial charge in [0, 0.05) is 10.5 Å². The van der Waals surface area contributed by atoms with Gasteiger partial charge in [-0.1, -0.05) is 47.5 Å². The van der Waals surface area contributed by atoms with Crippen LogP contribution < -0.4 is 0 Å². The Morgan fingerprint density at radius 3 is 2.19 bits per heavy atom. The third kappa shape index (κ3) is 4.30. The van der Waals surface area contributed by atoms with E-state index in [0.29, 0.717) is 16.1 Å². The topological polar surface area (TPSA) is 20.2 Å². The van der Waals surface area contributed by atoms with Crippen LogP contribution in [0.3, 0.4) is 0 Å². The van der Waals surface area contributed by atoms with E-state index < -0.39 is 11.6 Å². The van der Waals surface area contributed by atoms with E-state index >= 15 is 0 Å². The van der Waals surface area contributed by atoms with E-state index in [1.807, 2.05) is 0 Å². The van der Waals surface area contributed by atoms with Gasteiger partial charge in [0.1, 0.15) is 6.10 Å². The van der Waals surface area contributed by atoms with Crippen molar-refractivity contribution in [2.75, 3.05) is 0 Å². The van der Waals surface area contributed by atoms with Crippen molar-refractivity contribution < 1.29 is 18.3 Å². The van der Waals surface area contributed by atoms with E-state index in [1.54, 1.807) is 18.2 Å². The summed E-state index contributed by atoms with van der Waals surface area (Å²) in [6, 6.07) is 10.3. The Morgan fingerprint density at radius 2 is 1.62 bits per heavy atom. The van der Waals surface area contributed by atoms with E-state index in [4.69, 9.17) is 23.2 Å². The number of hydrogen-bond acceptors (Lipinski definition) is 2. The second-order valence-corrected chi connectivity index (χ2v) is 6.09. The lowest BCUT2D eigenvalue weighted by molar-refractivity contribution is -0.0328. The first-order valence-electron chi connectivity index (χ1n) is 5.75. The molecule has 1 atom stereocenters. The molecule has 7 heteroatoms. The minimum absolute atomic E-state index is 0.0515. The molecule has 0 aliphatic carbocycles. The van der Waals surface area contributed by atoms with Crippen LogP contribution in [0.25, 0.3) is 0 Å². The zero-order chi connectivity index (χ0) is 15.6. The number of alkyl halides is 3. The molecule has 1 unspecified atom stereocenters. The van der Waals surface area contributed by atoms with Gasteiger partial charge in [0.15, 0.2) is 0 Å². The van der Waals surface area contributed by atoms with Gasteiger partial charge in [-0.3, -0.25) is 0 Å². The van der Waals surface area contributed by atoms with Crippen LogP contribution in [-0.4, -0.2) is 10.6 Å². The molecule has 0 saturated carbocycles. The van der Waals surface area contributed by atoms with Crippen LogP contribution in [-0.2, 0) is 0 Å². The summed E-state index contributed by atoms with van der Waals surface area (Å²) >= 11 is 11.7. The van der Waals surface area contributed by atoms with E-state index in [-0.39, 0.29) is 21.7 Å². The van der Waals surface area contributed by atoms with Gasteiger partial charge in [-0.15, -0.1) is 0 Å². The minimum atomic E-state index is -4.34.